The van der Waals surface area contributed by atoms with Crippen LogP contribution >= 0.6 is 23.1 Å². The van der Waals surface area contributed by atoms with E-state index in [1.165, 1.54) is 15.9 Å². The number of rotatable bonds is 5. The summed E-state index contributed by atoms with van der Waals surface area (Å²) in [4.78, 5) is 40.2. The van der Waals surface area contributed by atoms with Crippen molar-refractivity contribution in [2.24, 2.45) is 12.8 Å². The Morgan fingerprint density at radius 3 is 2.84 bits per heavy atom. The molecule has 1 aromatic carbocycles. The first-order chi connectivity index (χ1) is 12.0. The minimum absolute atomic E-state index is 0.0447. The number of carbonyl (C=O) groups is 2. The van der Waals surface area contributed by atoms with Gasteiger partial charge in [0.2, 0.25) is 5.91 Å². The molecule has 0 saturated carbocycles. The number of benzene rings is 1. The van der Waals surface area contributed by atoms with Gasteiger partial charge in [0.1, 0.15) is 4.70 Å². The zero-order valence-corrected chi connectivity index (χ0v) is 14.8. The Hall–Kier alpha value is -2.65. The van der Waals surface area contributed by atoms with Crippen molar-refractivity contribution < 1.29 is 9.59 Å². The quantitative estimate of drug-likeness (QED) is 0.523. The van der Waals surface area contributed by atoms with E-state index in [-0.39, 0.29) is 22.8 Å². The number of anilines is 1. The summed E-state index contributed by atoms with van der Waals surface area (Å²) in [6.07, 6.45) is 0. The van der Waals surface area contributed by atoms with E-state index in [4.69, 9.17) is 5.73 Å². The maximum Gasteiger partial charge on any atom is 0.271 e. The fraction of sp³-hybridized carbons (Fsp3) is 0.125. The highest BCUT2D eigenvalue weighted by atomic mass is 32.2. The largest absolute Gasteiger partial charge is 0.366 e. The lowest BCUT2D eigenvalue weighted by molar-refractivity contribution is -0.113. The van der Waals surface area contributed by atoms with Gasteiger partial charge in [0.25, 0.3) is 11.5 Å². The van der Waals surface area contributed by atoms with Gasteiger partial charge in [0.05, 0.1) is 22.5 Å². The van der Waals surface area contributed by atoms with Gasteiger partial charge < -0.3 is 11.1 Å². The minimum atomic E-state index is -0.615. The average Bonchev–Trinajstić information content (AvgIpc) is 3.05. The number of thiophene rings is 1. The number of thioether (sulfide) groups is 1. The zero-order chi connectivity index (χ0) is 18.0. The number of carbonyl (C=O) groups excluding carboxylic acids is 2. The first kappa shape index (κ1) is 17.2. The van der Waals surface area contributed by atoms with Crippen molar-refractivity contribution in [3.8, 4) is 0 Å². The topological polar surface area (TPSA) is 107 Å². The molecule has 128 valence electrons. The number of primary amides is 1. The molecule has 2 amide bonds. The lowest BCUT2D eigenvalue weighted by Crippen LogP contribution is -2.21. The van der Waals surface area contributed by atoms with Crippen LogP contribution in [0.3, 0.4) is 0 Å². The van der Waals surface area contributed by atoms with E-state index in [0.29, 0.717) is 21.1 Å². The van der Waals surface area contributed by atoms with Crippen LogP contribution in [-0.2, 0) is 11.8 Å². The number of hydrogen-bond donors (Lipinski definition) is 2. The SMILES string of the molecule is Cn1c(SCC(=O)Nc2ccccc2C(N)=O)nc2ccsc2c1=O. The van der Waals surface area contributed by atoms with Crippen LogP contribution in [0.1, 0.15) is 10.4 Å². The Morgan fingerprint density at radius 1 is 1.32 bits per heavy atom. The minimum Gasteiger partial charge on any atom is -0.366 e. The number of fused-ring (bicyclic) bond motifs is 1. The second-order valence-corrected chi connectivity index (χ2v) is 7.00. The van der Waals surface area contributed by atoms with Gasteiger partial charge in [0, 0.05) is 7.05 Å². The molecule has 3 rings (SSSR count). The molecule has 25 heavy (non-hydrogen) atoms. The summed E-state index contributed by atoms with van der Waals surface area (Å²) in [6.45, 7) is 0. The van der Waals surface area contributed by atoms with Gasteiger partial charge in [-0.1, -0.05) is 23.9 Å². The fourth-order valence-electron chi connectivity index (χ4n) is 2.22. The molecule has 0 radical (unpaired) electrons. The molecule has 0 fully saturated rings. The van der Waals surface area contributed by atoms with E-state index in [9.17, 15) is 14.4 Å². The molecular formula is C16H14N4O3S2. The van der Waals surface area contributed by atoms with E-state index < -0.39 is 5.91 Å². The lowest BCUT2D eigenvalue weighted by Gasteiger charge is -2.09. The molecule has 2 aromatic heterocycles. The normalized spacial score (nSPS) is 10.8. The Kier molecular flexibility index (Phi) is 4.86. The highest BCUT2D eigenvalue weighted by Crippen LogP contribution is 2.21. The smallest absolute Gasteiger partial charge is 0.271 e. The number of nitrogens with two attached hydrogens (primary N) is 1. The molecule has 0 unspecified atom stereocenters. The van der Waals surface area contributed by atoms with Crippen LogP contribution in [0.2, 0.25) is 0 Å². The van der Waals surface area contributed by atoms with E-state index >= 15 is 0 Å². The molecule has 2 heterocycles. The summed E-state index contributed by atoms with van der Waals surface area (Å²) in [5.74, 6) is -0.892. The van der Waals surface area contributed by atoms with Crippen LogP contribution < -0.4 is 16.6 Å². The van der Waals surface area contributed by atoms with Gasteiger partial charge in [-0.05, 0) is 23.6 Å². The van der Waals surface area contributed by atoms with Crippen molar-refractivity contribution in [1.82, 2.24) is 9.55 Å². The lowest BCUT2D eigenvalue weighted by atomic mass is 10.1. The number of nitrogens with zero attached hydrogens (tertiary/aromatic N) is 2. The fourth-order valence-corrected chi connectivity index (χ4v) is 3.80. The van der Waals surface area contributed by atoms with Crippen molar-refractivity contribution in [2.75, 3.05) is 11.1 Å². The van der Waals surface area contributed by atoms with E-state index in [1.54, 1.807) is 42.8 Å². The molecule has 7 nitrogen and oxygen atoms in total. The predicted molar refractivity (Wildman–Crippen MR) is 99.2 cm³/mol. The second-order valence-electron chi connectivity index (χ2n) is 5.14. The molecule has 0 spiro atoms. The third-order valence-electron chi connectivity index (χ3n) is 3.45. The predicted octanol–water partition coefficient (Wildman–Crippen LogP) is 1.82. The van der Waals surface area contributed by atoms with Gasteiger partial charge in [-0.2, -0.15) is 0 Å². The van der Waals surface area contributed by atoms with Gasteiger partial charge in [-0.25, -0.2) is 4.98 Å². The third-order valence-corrected chi connectivity index (χ3v) is 5.37. The van der Waals surface area contributed by atoms with Crippen molar-refractivity contribution in [2.45, 2.75) is 5.16 Å². The summed E-state index contributed by atoms with van der Waals surface area (Å²) in [5.41, 5.74) is 6.37. The van der Waals surface area contributed by atoms with Crippen molar-refractivity contribution in [3.05, 3.63) is 51.6 Å². The summed E-state index contributed by atoms with van der Waals surface area (Å²) in [5, 5.41) is 4.91. The monoisotopic (exact) mass is 374 g/mol. The van der Waals surface area contributed by atoms with Crippen LogP contribution in [0.4, 0.5) is 5.69 Å². The van der Waals surface area contributed by atoms with Crippen LogP contribution in [-0.4, -0.2) is 27.1 Å². The standard InChI is InChI=1S/C16H14N4O3S2/c1-20-15(23)13-11(6-7-24-13)19-16(20)25-8-12(21)18-10-5-3-2-4-9(10)14(17)22/h2-7H,8H2,1H3,(H2,17,22)(H,18,21). The Morgan fingerprint density at radius 2 is 2.08 bits per heavy atom. The Balaban J connectivity index is 1.74. The number of nitrogens with one attached hydrogen (secondary N) is 1. The summed E-state index contributed by atoms with van der Waals surface area (Å²) in [6, 6.07) is 8.29. The molecule has 3 aromatic rings. The van der Waals surface area contributed by atoms with Crippen LogP contribution in [0.5, 0.6) is 0 Å². The number of para-hydroxylation sites is 1. The molecule has 0 aliphatic rings. The van der Waals surface area contributed by atoms with Crippen LogP contribution in [0.25, 0.3) is 10.2 Å². The maximum absolute atomic E-state index is 12.2. The second kappa shape index (κ2) is 7.08. The molecule has 0 bridgehead atoms. The third kappa shape index (κ3) is 3.57. The average molecular weight is 374 g/mol. The molecular weight excluding hydrogens is 360 g/mol. The van der Waals surface area contributed by atoms with E-state index in [2.05, 4.69) is 10.3 Å². The van der Waals surface area contributed by atoms with Gasteiger partial charge in [0.15, 0.2) is 5.16 Å². The van der Waals surface area contributed by atoms with Crippen molar-refractivity contribution in [1.29, 1.82) is 0 Å². The summed E-state index contributed by atoms with van der Waals surface area (Å²) in [7, 11) is 1.62. The zero-order valence-electron chi connectivity index (χ0n) is 13.2. The summed E-state index contributed by atoms with van der Waals surface area (Å²) < 4.78 is 2.01. The van der Waals surface area contributed by atoms with Gasteiger partial charge in [-0.15, -0.1) is 11.3 Å². The first-order valence-electron chi connectivity index (χ1n) is 7.23. The summed E-state index contributed by atoms with van der Waals surface area (Å²) >= 11 is 2.49. The molecule has 9 heteroatoms. The van der Waals surface area contributed by atoms with Crippen LogP contribution in [0, 0.1) is 0 Å². The molecule has 0 saturated heterocycles. The Bertz CT molecular complexity index is 1030. The number of aromatic nitrogens is 2. The van der Waals surface area contributed by atoms with E-state index in [1.807, 2.05) is 0 Å². The molecule has 3 N–H and O–H groups in total. The molecule has 0 atom stereocenters. The van der Waals surface area contributed by atoms with Gasteiger partial charge in [-0.3, -0.25) is 19.0 Å². The van der Waals surface area contributed by atoms with Crippen molar-refractivity contribution in [3.63, 3.8) is 0 Å². The number of hydrogen-bond acceptors (Lipinski definition) is 6. The highest BCUT2D eigenvalue weighted by molar-refractivity contribution is 7.99. The van der Waals surface area contributed by atoms with E-state index in [0.717, 1.165) is 11.8 Å². The van der Waals surface area contributed by atoms with Crippen LogP contribution in [0.15, 0.2) is 45.7 Å². The highest BCUT2D eigenvalue weighted by Gasteiger charge is 2.13. The molecule has 0 aliphatic carbocycles. The maximum atomic E-state index is 12.2. The first-order valence-corrected chi connectivity index (χ1v) is 9.09. The Labute approximate surface area is 150 Å². The number of amides is 2. The van der Waals surface area contributed by atoms with Gasteiger partial charge >= 0.3 is 0 Å². The van der Waals surface area contributed by atoms with Crippen molar-refractivity contribution >= 4 is 50.8 Å². The molecule has 0 aliphatic heterocycles.